The van der Waals surface area contributed by atoms with E-state index in [4.69, 9.17) is 0 Å². The molecule has 134 valence electrons. The van der Waals surface area contributed by atoms with Crippen LogP contribution in [0.25, 0.3) is 5.57 Å². The molecule has 1 aliphatic rings. The van der Waals surface area contributed by atoms with Crippen molar-refractivity contribution in [2.24, 2.45) is 0 Å². The molecule has 0 radical (unpaired) electrons. The fourth-order valence-electron chi connectivity index (χ4n) is 3.10. The first-order valence-corrected chi connectivity index (χ1v) is 8.81. The third-order valence-corrected chi connectivity index (χ3v) is 4.45. The number of hydrogen-bond acceptors (Lipinski definition) is 4. The van der Waals surface area contributed by atoms with Crippen molar-refractivity contribution in [2.45, 2.75) is 59.3 Å². The van der Waals surface area contributed by atoms with E-state index in [1.807, 2.05) is 0 Å². The Kier molecular flexibility index (Phi) is 6.12. The number of anilines is 1. The Labute approximate surface area is 148 Å². The van der Waals surface area contributed by atoms with Gasteiger partial charge in [-0.3, -0.25) is 14.4 Å². The minimum absolute atomic E-state index is 0.00722. The molecule has 25 heavy (non-hydrogen) atoms. The summed E-state index contributed by atoms with van der Waals surface area (Å²) in [5, 5.41) is 10.5. The summed E-state index contributed by atoms with van der Waals surface area (Å²) in [6.45, 7) is 4.89. The lowest BCUT2D eigenvalue weighted by atomic mass is 9.99. The van der Waals surface area contributed by atoms with Crippen molar-refractivity contribution in [3.63, 3.8) is 0 Å². The number of aliphatic hydroxyl groups is 1. The van der Waals surface area contributed by atoms with Gasteiger partial charge in [0, 0.05) is 24.5 Å². The van der Waals surface area contributed by atoms with E-state index in [1.54, 1.807) is 18.2 Å². The molecule has 0 aliphatic carbocycles. The highest BCUT2D eigenvalue weighted by atomic mass is 16.3. The number of unbranched alkanes of at least 4 members (excludes halogenated alkanes) is 4. The Morgan fingerprint density at radius 2 is 1.76 bits per heavy atom. The predicted octanol–water partition coefficient (Wildman–Crippen LogP) is 4.41. The molecule has 0 aromatic heterocycles. The molecular weight excluding hydrogens is 318 g/mol. The van der Waals surface area contributed by atoms with Gasteiger partial charge >= 0.3 is 0 Å². The standard InChI is InChI=1S/C20H25NO4/c1-4-5-6-7-8-9-18(24)19-16-12-15(13(2)22)10-11-17(16)21(14(3)23)20(19)25/h10-12,24H,4-9H2,1-3H3. The third-order valence-electron chi connectivity index (χ3n) is 4.45. The average Bonchev–Trinajstić information content (AvgIpc) is 2.85. The number of rotatable bonds is 7. The van der Waals surface area contributed by atoms with Crippen LogP contribution in [0, 0.1) is 0 Å². The van der Waals surface area contributed by atoms with Gasteiger partial charge < -0.3 is 5.11 Å². The molecule has 0 spiro atoms. The second-order valence-corrected chi connectivity index (χ2v) is 6.43. The predicted molar refractivity (Wildman–Crippen MR) is 97.5 cm³/mol. The summed E-state index contributed by atoms with van der Waals surface area (Å²) >= 11 is 0. The normalized spacial score (nSPS) is 15.3. The van der Waals surface area contributed by atoms with Gasteiger partial charge in [0.1, 0.15) is 5.76 Å². The van der Waals surface area contributed by atoms with Crippen LogP contribution in [0.3, 0.4) is 0 Å². The Hall–Kier alpha value is -2.43. The summed E-state index contributed by atoms with van der Waals surface area (Å²) in [6.07, 6.45) is 5.54. The average molecular weight is 343 g/mol. The number of imide groups is 1. The molecule has 2 amide bonds. The van der Waals surface area contributed by atoms with Gasteiger partial charge in [-0.15, -0.1) is 0 Å². The van der Waals surface area contributed by atoms with Crippen LogP contribution in [-0.2, 0) is 9.59 Å². The van der Waals surface area contributed by atoms with Crippen molar-refractivity contribution in [1.29, 1.82) is 0 Å². The molecule has 1 aromatic rings. The van der Waals surface area contributed by atoms with E-state index in [0.717, 1.165) is 37.0 Å². The van der Waals surface area contributed by atoms with Crippen LogP contribution in [0.4, 0.5) is 5.69 Å². The van der Waals surface area contributed by atoms with Gasteiger partial charge in [0.15, 0.2) is 5.78 Å². The zero-order valence-electron chi connectivity index (χ0n) is 15.1. The van der Waals surface area contributed by atoms with Crippen LogP contribution in [-0.4, -0.2) is 22.7 Å². The van der Waals surface area contributed by atoms with Crippen molar-refractivity contribution in [3.05, 3.63) is 35.1 Å². The smallest absolute Gasteiger partial charge is 0.269 e. The maximum Gasteiger partial charge on any atom is 0.269 e. The van der Waals surface area contributed by atoms with Gasteiger partial charge in [-0.05, 0) is 31.5 Å². The molecule has 2 rings (SSSR count). The van der Waals surface area contributed by atoms with Crippen molar-refractivity contribution >= 4 is 28.9 Å². The molecule has 5 heteroatoms. The first-order valence-electron chi connectivity index (χ1n) is 8.81. The second-order valence-electron chi connectivity index (χ2n) is 6.43. The van der Waals surface area contributed by atoms with E-state index in [-0.39, 0.29) is 17.1 Å². The maximum absolute atomic E-state index is 12.7. The van der Waals surface area contributed by atoms with Gasteiger partial charge in [0.05, 0.1) is 11.3 Å². The number of benzene rings is 1. The monoisotopic (exact) mass is 343 g/mol. The lowest BCUT2D eigenvalue weighted by Gasteiger charge is -2.12. The van der Waals surface area contributed by atoms with Crippen molar-refractivity contribution in [1.82, 2.24) is 0 Å². The molecule has 0 saturated carbocycles. The summed E-state index contributed by atoms with van der Waals surface area (Å²) in [7, 11) is 0. The van der Waals surface area contributed by atoms with E-state index < -0.39 is 11.8 Å². The molecule has 1 aliphatic heterocycles. The van der Waals surface area contributed by atoms with Gasteiger partial charge in [0.2, 0.25) is 5.91 Å². The largest absolute Gasteiger partial charge is 0.511 e. The molecule has 1 N–H and O–H groups in total. The number of carbonyl (C=O) groups excluding carboxylic acids is 3. The highest BCUT2D eigenvalue weighted by Crippen LogP contribution is 2.39. The van der Waals surface area contributed by atoms with Gasteiger partial charge in [-0.2, -0.15) is 0 Å². The number of amides is 2. The zero-order chi connectivity index (χ0) is 18.6. The number of allylic oxidation sites excluding steroid dienone is 1. The second kappa shape index (κ2) is 8.10. The number of carbonyl (C=O) groups is 3. The van der Waals surface area contributed by atoms with E-state index in [2.05, 4.69) is 6.92 Å². The van der Waals surface area contributed by atoms with Crippen LogP contribution in [0.1, 0.15) is 75.2 Å². The van der Waals surface area contributed by atoms with Crippen molar-refractivity contribution < 1.29 is 19.5 Å². The molecule has 0 fully saturated rings. The van der Waals surface area contributed by atoms with Crippen molar-refractivity contribution in [3.8, 4) is 0 Å². The fourth-order valence-corrected chi connectivity index (χ4v) is 3.10. The Bertz CT molecular complexity index is 733. The first-order chi connectivity index (χ1) is 11.9. The summed E-state index contributed by atoms with van der Waals surface area (Å²) in [5.41, 5.74) is 1.47. The Morgan fingerprint density at radius 3 is 2.36 bits per heavy atom. The molecule has 0 unspecified atom stereocenters. The van der Waals surface area contributed by atoms with Gasteiger partial charge in [0.25, 0.3) is 5.91 Å². The van der Waals surface area contributed by atoms with Crippen LogP contribution >= 0.6 is 0 Å². The highest BCUT2D eigenvalue weighted by molar-refractivity contribution is 6.40. The van der Waals surface area contributed by atoms with Crippen LogP contribution < -0.4 is 4.90 Å². The quantitative estimate of drug-likeness (QED) is 0.344. The van der Waals surface area contributed by atoms with Gasteiger partial charge in [-0.25, -0.2) is 4.90 Å². The number of aliphatic hydroxyl groups excluding tert-OH is 1. The van der Waals surface area contributed by atoms with E-state index >= 15 is 0 Å². The zero-order valence-corrected chi connectivity index (χ0v) is 15.1. The number of nitrogens with zero attached hydrogens (tertiary/aromatic N) is 1. The topological polar surface area (TPSA) is 74.7 Å². The summed E-state index contributed by atoms with van der Waals surface area (Å²) in [4.78, 5) is 37.2. The highest BCUT2D eigenvalue weighted by Gasteiger charge is 2.37. The number of ketones is 1. The van der Waals surface area contributed by atoms with Crippen molar-refractivity contribution in [2.75, 3.05) is 4.90 Å². The third kappa shape index (κ3) is 3.98. The Balaban J connectivity index is 2.36. The fraction of sp³-hybridized carbons (Fsp3) is 0.450. The maximum atomic E-state index is 12.7. The first kappa shape index (κ1) is 18.9. The van der Waals surface area contributed by atoms with E-state index in [9.17, 15) is 19.5 Å². The molecule has 0 atom stereocenters. The van der Waals surface area contributed by atoms with Crippen LogP contribution in [0.15, 0.2) is 24.0 Å². The summed E-state index contributed by atoms with van der Waals surface area (Å²) in [5.74, 6) is -1.07. The molecular formula is C20H25NO4. The SMILES string of the molecule is CCCCCCCC(O)=C1C(=O)N(C(C)=O)c2ccc(C(C)=O)cc21. The lowest BCUT2D eigenvalue weighted by Crippen LogP contribution is -2.31. The molecule has 0 saturated heterocycles. The summed E-state index contributed by atoms with van der Waals surface area (Å²) < 4.78 is 0. The molecule has 1 aromatic carbocycles. The molecule has 5 nitrogen and oxygen atoms in total. The number of hydrogen-bond donors (Lipinski definition) is 1. The van der Waals surface area contributed by atoms with E-state index in [1.165, 1.54) is 13.8 Å². The van der Waals surface area contributed by atoms with Gasteiger partial charge in [-0.1, -0.05) is 32.6 Å². The van der Waals surface area contributed by atoms with Crippen LogP contribution in [0.5, 0.6) is 0 Å². The van der Waals surface area contributed by atoms with E-state index in [0.29, 0.717) is 23.2 Å². The lowest BCUT2D eigenvalue weighted by molar-refractivity contribution is -0.122. The minimum Gasteiger partial charge on any atom is -0.511 e. The number of Topliss-reactive ketones (excluding diaryl/α,β-unsaturated/α-hetero) is 1. The Morgan fingerprint density at radius 1 is 1.08 bits per heavy atom. The molecule has 1 heterocycles. The summed E-state index contributed by atoms with van der Waals surface area (Å²) in [6, 6.07) is 4.77. The number of fused-ring (bicyclic) bond motifs is 1. The molecule has 0 bridgehead atoms. The van der Waals surface area contributed by atoms with Crippen LogP contribution in [0.2, 0.25) is 0 Å². The minimum atomic E-state index is -0.519.